The minimum Gasteiger partial charge on any atom is -0.478 e. The Morgan fingerprint density at radius 2 is 1.91 bits per heavy atom. The van der Waals surface area contributed by atoms with Gasteiger partial charge in [0.25, 0.3) is 5.91 Å². The van der Waals surface area contributed by atoms with Crippen LogP contribution >= 0.6 is 0 Å². The lowest BCUT2D eigenvalue weighted by atomic mass is 9.92. The molecule has 1 aromatic rings. The normalized spacial score (nSPS) is 19.8. The first kappa shape index (κ1) is 24.3. The molecular formula is C24H37N3O5. The van der Waals surface area contributed by atoms with Gasteiger partial charge in [-0.15, -0.1) is 0 Å². The van der Waals surface area contributed by atoms with Crippen molar-refractivity contribution in [2.45, 2.75) is 70.9 Å². The number of hydrogen-bond acceptors (Lipinski definition) is 6. The average molecular weight is 448 g/mol. The number of aliphatic hydroxyl groups is 1. The lowest BCUT2D eigenvalue weighted by Gasteiger charge is -2.33. The van der Waals surface area contributed by atoms with Crippen molar-refractivity contribution in [2.75, 3.05) is 32.8 Å². The summed E-state index contributed by atoms with van der Waals surface area (Å²) < 4.78 is 11.2. The van der Waals surface area contributed by atoms with Crippen molar-refractivity contribution in [3.8, 4) is 5.88 Å². The summed E-state index contributed by atoms with van der Waals surface area (Å²) in [5, 5.41) is 9.42. The number of aliphatic hydroxyl groups excluding tert-OH is 1. The number of hydrogen-bond donors (Lipinski definition) is 1. The number of pyridine rings is 1. The summed E-state index contributed by atoms with van der Waals surface area (Å²) in [5.41, 5.74) is 0.0651. The van der Waals surface area contributed by atoms with E-state index < -0.39 is 5.60 Å². The largest absolute Gasteiger partial charge is 0.478 e. The lowest BCUT2D eigenvalue weighted by molar-refractivity contribution is 0.0179. The zero-order valence-electron chi connectivity index (χ0n) is 19.6. The zero-order chi connectivity index (χ0) is 23.1. The highest BCUT2D eigenvalue weighted by Crippen LogP contribution is 2.24. The smallest absolute Gasteiger partial charge is 0.410 e. The van der Waals surface area contributed by atoms with E-state index in [1.54, 1.807) is 28.1 Å². The molecule has 178 valence electrons. The van der Waals surface area contributed by atoms with E-state index in [1.165, 1.54) is 0 Å². The molecule has 0 saturated carbocycles. The summed E-state index contributed by atoms with van der Waals surface area (Å²) >= 11 is 0. The fourth-order valence-corrected chi connectivity index (χ4v) is 4.33. The summed E-state index contributed by atoms with van der Waals surface area (Å²) in [7, 11) is 0. The van der Waals surface area contributed by atoms with Crippen molar-refractivity contribution in [1.82, 2.24) is 14.8 Å². The molecule has 2 aliphatic heterocycles. The summed E-state index contributed by atoms with van der Waals surface area (Å²) in [4.78, 5) is 32.6. The Labute approximate surface area is 190 Å². The molecule has 1 atom stereocenters. The minimum atomic E-state index is -0.458. The first-order valence-corrected chi connectivity index (χ1v) is 11.8. The van der Waals surface area contributed by atoms with Crippen molar-refractivity contribution >= 4 is 12.0 Å². The summed E-state index contributed by atoms with van der Waals surface area (Å²) in [6.07, 6.45) is 7.05. The van der Waals surface area contributed by atoms with Gasteiger partial charge in [0, 0.05) is 31.9 Å². The fourth-order valence-electron chi connectivity index (χ4n) is 4.33. The number of carbonyl (C=O) groups excluding carboxylic acids is 2. The van der Waals surface area contributed by atoms with Crippen LogP contribution < -0.4 is 4.74 Å². The number of amides is 2. The molecule has 0 aliphatic carbocycles. The van der Waals surface area contributed by atoms with Crippen molar-refractivity contribution in [2.24, 2.45) is 5.92 Å². The molecule has 8 nitrogen and oxygen atoms in total. The molecule has 0 radical (unpaired) electrons. The maximum Gasteiger partial charge on any atom is 0.410 e. The number of aromatic nitrogens is 1. The number of nitrogens with zero attached hydrogens (tertiary/aromatic N) is 3. The average Bonchev–Trinajstić information content (AvgIpc) is 3.25. The Morgan fingerprint density at radius 1 is 1.16 bits per heavy atom. The van der Waals surface area contributed by atoms with Gasteiger partial charge in [-0.25, -0.2) is 9.78 Å². The van der Waals surface area contributed by atoms with Gasteiger partial charge in [-0.2, -0.15) is 0 Å². The number of piperidine rings is 1. The van der Waals surface area contributed by atoms with Crippen LogP contribution in [0, 0.1) is 5.92 Å². The van der Waals surface area contributed by atoms with Crippen LogP contribution in [0.2, 0.25) is 0 Å². The molecule has 1 aromatic heterocycles. The van der Waals surface area contributed by atoms with Crippen molar-refractivity contribution in [1.29, 1.82) is 0 Å². The predicted molar refractivity (Wildman–Crippen MR) is 121 cm³/mol. The van der Waals surface area contributed by atoms with Crippen LogP contribution in [0.3, 0.4) is 0 Å². The Morgan fingerprint density at radius 3 is 2.53 bits per heavy atom. The number of ether oxygens (including phenoxy) is 2. The molecule has 2 aliphatic rings. The highest BCUT2D eigenvalue weighted by Gasteiger charge is 2.29. The van der Waals surface area contributed by atoms with Gasteiger partial charge < -0.3 is 24.4 Å². The molecule has 3 rings (SSSR count). The number of rotatable bonds is 7. The first-order valence-electron chi connectivity index (χ1n) is 11.8. The number of carbonyl (C=O) groups is 2. The van der Waals surface area contributed by atoms with Gasteiger partial charge in [-0.05, 0) is 71.3 Å². The Hall–Kier alpha value is -2.35. The van der Waals surface area contributed by atoms with Crippen molar-refractivity contribution < 1.29 is 24.2 Å². The highest BCUT2D eigenvalue weighted by atomic mass is 16.6. The van der Waals surface area contributed by atoms with Crippen LogP contribution in [0.1, 0.15) is 69.7 Å². The molecule has 2 amide bonds. The van der Waals surface area contributed by atoms with Crippen LogP contribution in [0.5, 0.6) is 5.88 Å². The molecule has 3 heterocycles. The van der Waals surface area contributed by atoms with E-state index in [-0.39, 0.29) is 24.6 Å². The van der Waals surface area contributed by atoms with Gasteiger partial charge in [0.15, 0.2) is 0 Å². The van der Waals surface area contributed by atoms with E-state index in [0.717, 1.165) is 51.6 Å². The maximum absolute atomic E-state index is 12.6. The van der Waals surface area contributed by atoms with E-state index >= 15 is 0 Å². The molecular weight excluding hydrogens is 410 g/mol. The van der Waals surface area contributed by atoms with Crippen LogP contribution in [0.15, 0.2) is 18.3 Å². The van der Waals surface area contributed by atoms with Gasteiger partial charge in [-0.3, -0.25) is 4.79 Å². The molecule has 2 saturated heterocycles. The van der Waals surface area contributed by atoms with Crippen LogP contribution in [0.4, 0.5) is 4.79 Å². The third-order valence-electron chi connectivity index (χ3n) is 6.10. The van der Waals surface area contributed by atoms with Gasteiger partial charge in [0.2, 0.25) is 5.88 Å². The second-order valence-corrected chi connectivity index (χ2v) is 9.76. The minimum absolute atomic E-state index is 0.000389. The van der Waals surface area contributed by atoms with Crippen LogP contribution in [0.25, 0.3) is 0 Å². The second-order valence-electron chi connectivity index (χ2n) is 9.76. The Kier molecular flexibility index (Phi) is 8.34. The molecule has 32 heavy (non-hydrogen) atoms. The van der Waals surface area contributed by atoms with Crippen LogP contribution in [-0.2, 0) is 4.74 Å². The van der Waals surface area contributed by atoms with E-state index in [2.05, 4.69) is 4.98 Å². The van der Waals surface area contributed by atoms with Crippen molar-refractivity contribution in [3.05, 3.63) is 23.9 Å². The van der Waals surface area contributed by atoms with E-state index in [4.69, 9.17) is 9.47 Å². The maximum atomic E-state index is 12.6. The summed E-state index contributed by atoms with van der Waals surface area (Å²) in [5.74, 6) is 1.02. The SMILES string of the molecule is CC(C)(C)OC(=O)N1CCC(CCCOc2ccc(C(=O)N3CCC[C@H]3CO)cn2)CC1. The third kappa shape index (κ3) is 6.82. The van der Waals surface area contributed by atoms with E-state index in [0.29, 0.717) is 30.5 Å². The Bertz CT molecular complexity index is 754. The highest BCUT2D eigenvalue weighted by molar-refractivity contribution is 5.94. The Balaban J connectivity index is 1.34. The monoisotopic (exact) mass is 447 g/mol. The van der Waals surface area contributed by atoms with E-state index in [9.17, 15) is 14.7 Å². The molecule has 0 spiro atoms. The fraction of sp³-hybridized carbons (Fsp3) is 0.708. The van der Waals surface area contributed by atoms with Gasteiger partial charge in [0.05, 0.1) is 24.8 Å². The van der Waals surface area contributed by atoms with Crippen molar-refractivity contribution in [3.63, 3.8) is 0 Å². The van der Waals surface area contributed by atoms with Gasteiger partial charge >= 0.3 is 6.09 Å². The zero-order valence-corrected chi connectivity index (χ0v) is 19.6. The number of likely N-dealkylation sites (tertiary alicyclic amines) is 2. The summed E-state index contributed by atoms with van der Waals surface area (Å²) in [6.45, 7) is 8.40. The summed E-state index contributed by atoms with van der Waals surface area (Å²) in [6, 6.07) is 3.38. The van der Waals surface area contributed by atoms with Gasteiger partial charge in [0.1, 0.15) is 5.60 Å². The second kappa shape index (κ2) is 11.0. The topological polar surface area (TPSA) is 92.2 Å². The molecule has 2 fully saturated rings. The molecule has 0 bridgehead atoms. The predicted octanol–water partition coefficient (Wildman–Crippen LogP) is 3.48. The van der Waals surface area contributed by atoms with E-state index in [1.807, 2.05) is 20.8 Å². The quantitative estimate of drug-likeness (QED) is 0.644. The molecule has 8 heteroatoms. The molecule has 0 unspecified atom stereocenters. The third-order valence-corrected chi connectivity index (χ3v) is 6.10. The standard InChI is InChI=1S/C24H37N3O5/c1-24(2,3)32-23(30)26-13-10-18(11-14-26)6-5-15-31-21-9-8-19(16-25-21)22(29)27-12-4-7-20(27)17-28/h8-9,16,18,20,28H,4-7,10-15,17H2,1-3H3/t20-/m0/s1. The first-order chi connectivity index (χ1) is 15.3. The van der Waals surface area contributed by atoms with Gasteiger partial charge in [-0.1, -0.05) is 0 Å². The lowest BCUT2D eigenvalue weighted by Crippen LogP contribution is -2.41. The molecule has 1 N–H and O–H groups in total. The van der Waals surface area contributed by atoms with Crippen LogP contribution in [-0.4, -0.2) is 76.4 Å². The molecule has 0 aromatic carbocycles.